The molecule has 0 saturated heterocycles. The van der Waals surface area contributed by atoms with Gasteiger partial charge in [0, 0.05) is 22.4 Å². The van der Waals surface area contributed by atoms with Crippen LogP contribution in [0.25, 0.3) is 31.8 Å². The van der Waals surface area contributed by atoms with Gasteiger partial charge in [0.25, 0.3) is 5.56 Å². The number of esters is 1. The Balaban J connectivity index is 1.40. The van der Waals surface area contributed by atoms with E-state index in [0.717, 1.165) is 22.2 Å². The van der Waals surface area contributed by atoms with Gasteiger partial charge in [0.05, 0.1) is 23.8 Å². The highest BCUT2D eigenvalue weighted by molar-refractivity contribution is 7.99. The van der Waals surface area contributed by atoms with Crippen molar-refractivity contribution >= 4 is 61.5 Å². The molecule has 11 heteroatoms. The van der Waals surface area contributed by atoms with Gasteiger partial charge in [0.2, 0.25) is 5.91 Å². The van der Waals surface area contributed by atoms with Crippen molar-refractivity contribution in [1.29, 1.82) is 0 Å². The molecule has 202 valence electrons. The van der Waals surface area contributed by atoms with Gasteiger partial charge in [0.15, 0.2) is 5.16 Å². The summed E-state index contributed by atoms with van der Waals surface area (Å²) in [5.74, 6) is -1.33. The van der Waals surface area contributed by atoms with E-state index in [9.17, 15) is 18.8 Å². The van der Waals surface area contributed by atoms with Crippen LogP contribution in [0, 0.1) is 5.82 Å². The number of fused-ring (bicyclic) bond motifs is 1. The predicted octanol–water partition coefficient (Wildman–Crippen LogP) is 6.70. The van der Waals surface area contributed by atoms with E-state index in [1.165, 1.54) is 46.5 Å². The van der Waals surface area contributed by atoms with Crippen LogP contribution in [0.3, 0.4) is 0 Å². The number of carbonyl (C=O) groups excluding carboxylic acids is 2. The molecule has 0 aliphatic carbocycles. The van der Waals surface area contributed by atoms with E-state index in [1.54, 1.807) is 24.3 Å². The Hall–Kier alpha value is -4.06. The largest absolute Gasteiger partial charge is 0.465 e. The zero-order valence-corrected chi connectivity index (χ0v) is 23.6. The number of methoxy groups -OCH3 is 1. The van der Waals surface area contributed by atoms with Crippen molar-refractivity contribution in [2.24, 2.45) is 0 Å². The maximum Gasteiger partial charge on any atom is 0.340 e. The number of nitrogens with zero attached hydrogens (tertiary/aromatic N) is 2. The lowest BCUT2D eigenvalue weighted by Crippen LogP contribution is -2.23. The lowest BCUT2D eigenvalue weighted by Gasteiger charge is -2.11. The molecular weight excluding hydrogens is 570 g/mol. The third-order valence-corrected chi connectivity index (χ3v) is 8.85. The molecule has 1 amide bonds. The van der Waals surface area contributed by atoms with E-state index in [1.807, 2.05) is 35.7 Å². The van der Waals surface area contributed by atoms with E-state index in [0.29, 0.717) is 31.5 Å². The molecule has 0 spiro atoms. The fourth-order valence-corrected chi connectivity index (χ4v) is 6.90. The fourth-order valence-electron chi connectivity index (χ4n) is 4.03. The molecule has 2 aromatic carbocycles. The van der Waals surface area contributed by atoms with Gasteiger partial charge in [-0.15, -0.1) is 29.3 Å². The van der Waals surface area contributed by atoms with Crippen LogP contribution in [0.5, 0.6) is 0 Å². The molecule has 0 aliphatic heterocycles. The summed E-state index contributed by atoms with van der Waals surface area (Å²) in [5.41, 5.74) is 2.29. The summed E-state index contributed by atoms with van der Waals surface area (Å²) in [4.78, 5) is 44.9. The van der Waals surface area contributed by atoms with Gasteiger partial charge < -0.3 is 10.1 Å². The number of nitrogens with one attached hydrogen (secondary N) is 1. The normalized spacial score (nSPS) is 10.9. The number of thiophene rings is 2. The molecule has 0 fully saturated rings. The summed E-state index contributed by atoms with van der Waals surface area (Å²) in [6.07, 6.45) is 1.59. The van der Waals surface area contributed by atoms with Gasteiger partial charge in [-0.25, -0.2) is 14.2 Å². The molecule has 0 radical (unpaired) electrons. The molecule has 0 bridgehead atoms. The Morgan fingerprint density at radius 3 is 2.60 bits per heavy atom. The minimum atomic E-state index is -0.553. The molecule has 40 heavy (non-hydrogen) atoms. The first-order chi connectivity index (χ1) is 19.4. The first-order valence-corrected chi connectivity index (χ1v) is 14.7. The summed E-state index contributed by atoms with van der Waals surface area (Å²) >= 11 is 3.69. The number of hydrogen-bond donors (Lipinski definition) is 1. The smallest absolute Gasteiger partial charge is 0.340 e. The Kier molecular flexibility index (Phi) is 8.24. The molecule has 0 aliphatic rings. The van der Waals surface area contributed by atoms with E-state index in [4.69, 9.17) is 4.74 Å². The second-order valence-corrected chi connectivity index (χ2v) is 11.3. The van der Waals surface area contributed by atoms with Crippen molar-refractivity contribution in [3.05, 3.63) is 100 Å². The predicted molar refractivity (Wildman–Crippen MR) is 160 cm³/mol. The molecule has 3 heterocycles. The minimum absolute atomic E-state index is 0.0511. The number of ether oxygens (including phenoxy) is 1. The third kappa shape index (κ3) is 5.62. The summed E-state index contributed by atoms with van der Waals surface area (Å²) in [6, 6.07) is 17.2. The SMILES string of the molecule is C=CCn1c(SCC(=O)Nc2sc(-c3ccccc3)cc2C(=O)OC)nc2scc(-c3ccc(F)cc3)c2c1=O. The Bertz CT molecular complexity index is 1780. The quantitative estimate of drug-likeness (QED) is 0.0889. The third-order valence-electron chi connectivity index (χ3n) is 5.91. The van der Waals surface area contributed by atoms with E-state index >= 15 is 0 Å². The van der Waals surface area contributed by atoms with Gasteiger partial charge in [-0.2, -0.15) is 0 Å². The van der Waals surface area contributed by atoms with Crippen LogP contribution in [0.15, 0.2) is 88.6 Å². The first-order valence-electron chi connectivity index (χ1n) is 12.0. The number of thioether (sulfide) groups is 1. The highest BCUT2D eigenvalue weighted by atomic mass is 32.2. The fraction of sp³-hybridized carbons (Fsp3) is 0.103. The summed E-state index contributed by atoms with van der Waals surface area (Å²) in [6.45, 7) is 3.95. The molecular formula is C29H22FN3O4S3. The maximum absolute atomic E-state index is 13.5. The summed E-state index contributed by atoms with van der Waals surface area (Å²) < 4.78 is 19.8. The van der Waals surface area contributed by atoms with E-state index in [2.05, 4.69) is 16.9 Å². The summed E-state index contributed by atoms with van der Waals surface area (Å²) in [5, 5.41) is 5.81. The molecule has 0 atom stereocenters. The van der Waals surface area contributed by atoms with E-state index < -0.39 is 5.97 Å². The van der Waals surface area contributed by atoms with Crippen molar-refractivity contribution < 1.29 is 18.7 Å². The molecule has 5 aromatic rings. The number of amides is 1. The molecule has 5 rings (SSSR count). The summed E-state index contributed by atoms with van der Waals surface area (Å²) in [7, 11) is 1.29. The number of hydrogen-bond acceptors (Lipinski definition) is 8. The topological polar surface area (TPSA) is 90.3 Å². The highest BCUT2D eigenvalue weighted by Crippen LogP contribution is 2.36. The van der Waals surface area contributed by atoms with Crippen LogP contribution >= 0.6 is 34.4 Å². The minimum Gasteiger partial charge on any atom is -0.465 e. The van der Waals surface area contributed by atoms with Gasteiger partial charge in [-0.1, -0.05) is 60.3 Å². The number of anilines is 1. The van der Waals surface area contributed by atoms with Crippen LogP contribution in [0.4, 0.5) is 9.39 Å². The highest BCUT2D eigenvalue weighted by Gasteiger charge is 2.21. The maximum atomic E-state index is 13.5. The second-order valence-electron chi connectivity index (χ2n) is 8.48. The van der Waals surface area contributed by atoms with Crippen LogP contribution in [0.1, 0.15) is 10.4 Å². The van der Waals surface area contributed by atoms with Gasteiger partial charge in [-0.05, 0) is 29.3 Å². The number of allylic oxidation sites excluding steroid dienone is 1. The Labute approximate surface area is 241 Å². The lowest BCUT2D eigenvalue weighted by molar-refractivity contribution is -0.113. The zero-order valence-electron chi connectivity index (χ0n) is 21.2. The molecule has 3 aromatic heterocycles. The van der Waals surface area contributed by atoms with E-state index in [-0.39, 0.29) is 35.1 Å². The number of rotatable bonds is 9. The van der Waals surface area contributed by atoms with Crippen LogP contribution < -0.4 is 10.9 Å². The van der Waals surface area contributed by atoms with Crippen LogP contribution in [-0.2, 0) is 16.1 Å². The van der Waals surface area contributed by atoms with Gasteiger partial charge >= 0.3 is 5.97 Å². The number of halogens is 1. The average molecular weight is 592 g/mol. The van der Waals surface area contributed by atoms with Crippen molar-refractivity contribution in [1.82, 2.24) is 9.55 Å². The number of aromatic nitrogens is 2. The Morgan fingerprint density at radius 2 is 1.90 bits per heavy atom. The Morgan fingerprint density at radius 1 is 1.15 bits per heavy atom. The zero-order chi connectivity index (χ0) is 28.2. The molecule has 1 N–H and O–H groups in total. The van der Waals surface area contributed by atoms with Crippen molar-refractivity contribution in [3.63, 3.8) is 0 Å². The monoisotopic (exact) mass is 591 g/mol. The number of benzene rings is 2. The van der Waals surface area contributed by atoms with Crippen molar-refractivity contribution in [2.75, 3.05) is 18.2 Å². The molecule has 0 unspecified atom stereocenters. The molecule has 7 nitrogen and oxygen atoms in total. The van der Waals surface area contributed by atoms with Crippen LogP contribution in [-0.4, -0.2) is 34.3 Å². The van der Waals surface area contributed by atoms with Crippen molar-refractivity contribution in [2.45, 2.75) is 11.7 Å². The van der Waals surface area contributed by atoms with Crippen LogP contribution in [0.2, 0.25) is 0 Å². The standard InChI is InChI=1S/C29H22FN3O4S3/c1-3-13-33-27(35)24-21(17-9-11-19(30)12-10-17)15-38-26(24)32-29(33)39-16-23(34)31-25-20(28(36)37-2)14-22(40-25)18-7-5-4-6-8-18/h3-12,14-15H,1,13,16H2,2H3,(H,31,34). The second kappa shape index (κ2) is 12.0. The lowest BCUT2D eigenvalue weighted by atomic mass is 10.1. The first kappa shape index (κ1) is 27.5. The number of carbonyl (C=O) groups is 2. The molecule has 0 saturated carbocycles. The van der Waals surface area contributed by atoms with Crippen molar-refractivity contribution in [3.8, 4) is 21.6 Å². The average Bonchev–Trinajstić information content (AvgIpc) is 3.59. The van der Waals surface area contributed by atoms with Gasteiger partial charge in [0.1, 0.15) is 15.6 Å². The van der Waals surface area contributed by atoms with Gasteiger partial charge in [-0.3, -0.25) is 14.2 Å².